The van der Waals surface area contributed by atoms with E-state index in [1.807, 2.05) is 114 Å². The van der Waals surface area contributed by atoms with Gasteiger partial charge in [-0.2, -0.15) is 20.2 Å². The number of hydrogen-bond donors (Lipinski definition) is 2. The van der Waals surface area contributed by atoms with E-state index in [2.05, 4.69) is 10.9 Å². The molecule has 0 saturated heterocycles. The Morgan fingerprint density at radius 1 is 0.589 bits per heavy atom. The fraction of sp³-hybridized carbons (Fsp3) is 0.393. The highest BCUT2D eigenvalue weighted by Gasteiger charge is 2.34. The molecule has 5 aromatic carbocycles. The van der Waals surface area contributed by atoms with Crippen LogP contribution in [0.2, 0.25) is 0 Å². The van der Waals surface area contributed by atoms with Gasteiger partial charge in [-0.25, -0.2) is 10.0 Å². The number of carbonyl (C=O) groups excluding carboxylic acids is 4. The third-order valence-corrected chi connectivity index (χ3v) is 13.8. The minimum absolute atomic E-state index is 0.0501. The summed E-state index contributed by atoms with van der Waals surface area (Å²) in [5, 5.41) is 2.72. The third-order valence-electron chi connectivity index (χ3n) is 11.8. The number of fused-ring (bicyclic) bond motifs is 2. The number of hydrogen-bond acceptors (Lipinski definition) is 12. The lowest BCUT2D eigenvalue weighted by Gasteiger charge is -2.36. The summed E-state index contributed by atoms with van der Waals surface area (Å²) < 4.78 is 54.2. The second-order valence-corrected chi connectivity index (χ2v) is 23.0. The first kappa shape index (κ1) is 55.7. The number of nitrogens with zero attached hydrogens (tertiary/aromatic N) is 2. The van der Waals surface area contributed by atoms with Gasteiger partial charge in [-0.1, -0.05) is 52.1 Å². The van der Waals surface area contributed by atoms with Crippen LogP contribution in [0.15, 0.2) is 89.8 Å². The zero-order chi connectivity index (χ0) is 53.7. The van der Waals surface area contributed by atoms with E-state index in [4.69, 9.17) is 23.1 Å². The third kappa shape index (κ3) is 13.7. The molecule has 0 aromatic heterocycles. The first-order valence-electron chi connectivity index (χ1n) is 24.0. The van der Waals surface area contributed by atoms with E-state index in [-0.39, 0.29) is 47.5 Å². The summed E-state index contributed by atoms with van der Waals surface area (Å²) in [6, 6.07) is 24.3. The molecular formula is C56H68N4O11S2. The van der Waals surface area contributed by atoms with Crippen LogP contribution in [0.25, 0.3) is 0 Å². The van der Waals surface area contributed by atoms with Crippen molar-refractivity contribution in [1.82, 2.24) is 20.9 Å². The lowest BCUT2D eigenvalue weighted by Crippen LogP contribution is -2.56. The molecule has 2 atom stereocenters. The lowest BCUT2D eigenvalue weighted by molar-refractivity contribution is 0.0355. The average Bonchev–Trinajstić information content (AvgIpc) is 3.31. The summed E-state index contributed by atoms with van der Waals surface area (Å²) in [5.41, 5.74) is 12.0. The van der Waals surface area contributed by atoms with Crippen molar-refractivity contribution in [3.05, 3.63) is 146 Å². The average molecular weight is 1040 g/mol. The van der Waals surface area contributed by atoms with Crippen molar-refractivity contribution in [2.75, 3.05) is 31.8 Å². The van der Waals surface area contributed by atoms with Gasteiger partial charge in [0.05, 0.1) is 16.0 Å². The summed E-state index contributed by atoms with van der Waals surface area (Å²) in [6.07, 6.45) is 1.23. The molecule has 4 amide bonds. The second-order valence-electron chi connectivity index (χ2n) is 20.5. The Morgan fingerprint density at radius 3 is 1.38 bits per heavy atom. The highest BCUT2D eigenvalue weighted by molar-refractivity contribution is 7.98. The van der Waals surface area contributed by atoms with Crippen molar-refractivity contribution in [3.63, 3.8) is 0 Å². The number of nitrogens with one attached hydrogen (secondary N) is 2. The summed E-state index contributed by atoms with van der Waals surface area (Å²) in [6.45, 7) is 24.6. The molecule has 2 N–H and O–H groups in total. The Hall–Kier alpha value is -6.56. The molecule has 0 fully saturated rings. The minimum atomic E-state index is -3.99. The van der Waals surface area contributed by atoms with Crippen LogP contribution in [-0.4, -0.2) is 97.2 Å². The molecule has 5 aromatic rings. The molecule has 2 heterocycles. The molecule has 0 unspecified atom stereocenters. The molecule has 15 nitrogen and oxygen atoms in total. The Labute approximate surface area is 434 Å². The van der Waals surface area contributed by atoms with Gasteiger partial charge in [-0.3, -0.25) is 34.2 Å². The zero-order valence-electron chi connectivity index (χ0n) is 44.3. The SMILES string of the molecule is CSC[C@H]1COc2ccc(C(=O)NN(C(=O)c3cc(C)cc(C)c3)C(C)(C)C)c(C)c2O1.Cc1ccc(S(=O)(=O)OC[C@H]2COc3ccc(C(=O)NN(C(=O)c4cc(C)cc(C)c4)C(C)(C)C)c(C)c3O2)cc1. The fourth-order valence-electron chi connectivity index (χ4n) is 8.23. The van der Waals surface area contributed by atoms with Crippen molar-refractivity contribution in [1.29, 1.82) is 0 Å². The summed E-state index contributed by atoms with van der Waals surface area (Å²) in [5.74, 6) is 1.31. The van der Waals surface area contributed by atoms with Gasteiger partial charge < -0.3 is 18.9 Å². The van der Waals surface area contributed by atoms with Gasteiger partial charge in [0, 0.05) is 39.1 Å². The van der Waals surface area contributed by atoms with E-state index in [1.165, 1.54) is 22.2 Å². The predicted molar refractivity (Wildman–Crippen MR) is 283 cm³/mol. The van der Waals surface area contributed by atoms with Crippen LogP contribution < -0.4 is 29.8 Å². The second kappa shape index (κ2) is 22.7. The number of thioether (sulfide) groups is 1. The molecule has 0 spiro atoms. The molecule has 0 radical (unpaired) electrons. The number of hydrazine groups is 2. The van der Waals surface area contributed by atoms with Gasteiger partial charge in [-0.15, -0.1) is 0 Å². The summed E-state index contributed by atoms with van der Waals surface area (Å²) in [4.78, 5) is 53.7. The molecule has 0 saturated carbocycles. The van der Waals surface area contributed by atoms with E-state index in [0.717, 1.165) is 33.6 Å². The van der Waals surface area contributed by atoms with Crippen LogP contribution in [0, 0.1) is 48.5 Å². The van der Waals surface area contributed by atoms with Crippen molar-refractivity contribution in [2.24, 2.45) is 0 Å². The highest BCUT2D eigenvalue weighted by atomic mass is 32.2. The Balaban J connectivity index is 0.000000246. The topological polar surface area (TPSA) is 179 Å². The van der Waals surface area contributed by atoms with Gasteiger partial charge in [0.1, 0.15) is 25.9 Å². The van der Waals surface area contributed by atoms with E-state index >= 15 is 0 Å². The highest BCUT2D eigenvalue weighted by Crippen LogP contribution is 2.39. The first-order valence-corrected chi connectivity index (χ1v) is 26.8. The van der Waals surface area contributed by atoms with Crippen molar-refractivity contribution in [3.8, 4) is 23.0 Å². The fourth-order valence-corrected chi connectivity index (χ4v) is 9.70. The van der Waals surface area contributed by atoms with Gasteiger partial charge >= 0.3 is 0 Å². The molecule has 2 aliphatic rings. The zero-order valence-corrected chi connectivity index (χ0v) is 45.9. The van der Waals surface area contributed by atoms with Crippen molar-refractivity contribution < 1.29 is 50.7 Å². The minimum Gasteiger partial charge on any atom is -0.486 e. The van der Waals surface area contributed by atoms with Crippen LogP contribution in [0.1, 0.15) is 122 Å². The van der Waals surface area contributed by atoms with Gasteiger partial charge in [0.25, 0.3) is 33.7 Å². The van der Waals surface area contributed by atoms with Gasteiger partial charge in [0.15, 0.2) is 29.1 Å². The molecule has 7 rings (SSSR count). The Kier molecular flexibility index (Phi) is 17.3. The van der Waals surface area contributed by atoms with Gasteiger partial charge in [-0.05, 0) is 157 Å². The van der Waals surface area contributed by atoms with Crippen LogP contribution >= 0.6 is 11.8 Å². The Bertz CT molecular complexity index is 2960. The molecule has 0 bridgehead atoms. The van der Waals surface area contributed by atoms with E-state index < -0.39 is 33.2 Å². The standard InChI is InChI=1S/C31H36N2O7S.C25H32N2O4S/c1-19-8-10-25(11-9-19)41(36,37)39-18-24-17-38-27-13-12-26(22(4)28(27)40-24)29(34)32-33(31(5,6)7)30(35)23-15-20(2)14-21(3)16-23;1-15-10-16(2)12-18(11-15)24(29)27(25(4,5)6)26-23(28)20-8-9-21-22(17(20)3)31-19(13-30-21)14-32-7/h8-16,24H,17-18H2,1-7H3,(H,32,34);8-12,19H,13-14H2,1-7H3,(H,26,28)/t24-;19-/m11/s1. The number of benzene rings is 5. The largest absolute Gasteiger partial charge is 0.486 e. The summed E-state index contributed by atoms with van der Waals surface area (Å²) in [7, 11) is -3.99. The maximum atomic E-state index is 13.5. The Morgan fingerprint density at radius 2 is 0.986 bits per heavy atom. The smallest absolute Gasteiger partial charge is 0.297 e. The molecule has 73 heavy (non-hydrogen) atoms. The monoisotopic (exact) mass is 1040 g/mol. The summed E-state index contributed by atoms with van der Waals surface area (Å²) >= 11 is 1.68. The van der Waals surface area contributed by atoms with Gasteiger partial charge in [0.2, 0.25) is 0 Å². The maximum Gasteiger partial charge on any atom is 0.297 e. The van der Waals surface area contributed by atoms with Crippen LogP contribution in [-0.2, 0) is 14.3 Å². The van der Waals surface area contributed by atoms with Crippen molar-refractivity contribution >= 4 is 45.5 Å². The van der Waals surface area contributed by atoms with E-state index in [9.17, 15) is 27.6 Å². The quantitative estimate of drug-likeness (QED) is 0.100. The van der Waals surface area contributed by atoms with E-state index in [1.54, 1.807) is 67.2 Å². The number of amides is 4. The van der Waals surface area contributed by atoms with Crippen LogP contribution in [0.4, 0.5) is 0 Å². The molecule has 17 heteroatoms. The van der Waals surface area contributed by atoms with Crippen LogP contribution in [0.3, 0.4) is 0 Å². The number of ether oxygens (including phenoxy) is 4. The molecule has 390 valence electrons. The molecule has 0 aliphatic carbocycles. The first-order chi connectivity index (χ1) is 34.2. The maximum absolute atomic E-state index is 13.5. The number of carbonyl (C=O) groups is 4. The molecule has 2 aliphatic heterocycles. The van der Waals surface area contributed by atoms with Crippen molar-refractivity contribution in [2.45, 2.75) is 118 Å². The van der Waals surface area contributed by atoms with Crippen LogP contribution in [0.5, 0.6) is 23.0 Å². The number of rotatable bonds is 10. The normalized spacial score (nSPS) is 15.0. The number of aryl methyl sites for hydroxylation is 5. The molecular weight excluding hydrogens is 969 g/mol. The predicted octanol–water partition coefficient (Wildman–Crippen LogP) is 9.75. The lowest BCUT2D eigenvalue weighted by atomic mass is 10.0. The van der Waals surface area contributed by atoms with E-state index in [0.29, 0.717) is 57.4 Å².